The van der Waals surface area contributed by atoms with E-state index in [1.807, 2.05) is 49.5 Å². The van der Waals surface area contributed by atoms with Gasteiger partial charge in [0, 0.05) is 38.1 Å². The predicted molar refractivity (Wildman–Crippen MR) is 95.5 cm³/mol. The van der Waals surface area contributed by atoms with E-state index in [-0.39, 0.29) is 6.04 Å². The van der Waals surface area contributed by atoms with Crippen molar-refractivity contribution in [3.05, 3.63) is 59.4 Å². The van der Waals surface area contributed by atoms with Crippen molar-refractivity contribution in [1.29, 1.82) is 0 Å². The Balaban J connectivity index is 1.76. The number of hydrogen-bond donors (Lipinski definition) is 0. The van der Waals surface area contributed by atoms with Crippen LogP contribution in [0.5, 0.6) is 0 Å². The third-order valence-electron chi connectivity index (χ3n) is 4.98. The lowest BCUT2D eigenvalue weighted by molar-refractivity contribution is 0.0689. The largest absolute Gasteiger partial charge is 0.379 e. The third kappa shape index (κ3) is 3.01. The molecule has 2 aliphatic heterocycles. The van der Waals surface area contributed by atoms with E-state index in [0.29, 0.717) is 39.4 Å². The first-order valence-electron chi connectivity index (χ1n) is 8.63. The summed E-state index contributed by atoms with van der Waals surface area (Å²) in [5.41, 5.74) is 3.19. The number of morpholine rings is 1. The van der Waals surface area contributed by atoms with Crippen LogP contribution in [0, 0.1) is 6.92 Å². The zero-order valence-electron chi connectivity index (χ0n) is 14.3. The molecule has 6 nitrogen and oxygen atoms in total. The molecule has 4 rings (SSSR count). The van der Waals surface area contributed by atoms with Crippen molar-refractivity contribution < 1.29 is 13.2 Å². The Hall–Kier alpha value is -1.67. The molecule has 2 aliphatic rings. The van der Waals surface area contributed by atoms with Gasteiger partial charge in [0.1, 0.15) is 0 Å². The highest BCUT2D eigenvalue weighted by Crippen LogP contribution is 2.35. The van der Waals surface area contributed by atoms with Crippen LogP contribution in [0.2, 0.25) is 0 Å². The molecule has 0 N–H and O–H groups in total. The standard InChI is InChI=1S/C18H23N3O3S/c1-15-4-6-16(7-5-15)18-17-3-2-8-19(17)9-10-21(18)25(22,23)20-11-13-24-14-12-20/h2-8,18H,9-14H2,1H3. The Labute approximate surface area is 148 Å². The van der Waals surface area contributed by atoms with Crippen LogP contribution in [0.4, 0.5) is 0 Å². The van der Waals surface area contributed by atoms with Crippen molar-refractivity contribution in [2.45, 2.75) is 19.5 Å². The normalized spacial score (nSPS) is 22.7. The molecule has 134 valence electrons. The van der Waals surface area contributed by atoms with E-state index in [2.05, 4.69) is 4.57 Å². The van der Waals surface area contributed by atoms with Gasteiger partial charge >= 0.3 is 0 Å². The maximum absolute atomic E-state index is 13.3. The molecule has 0 spiro atoms. The summed E-state index contributed by atoms with van der Waals surface area (Å²) in [7, 11) is -3.54. The van der Waals surface area contributed by atoms with Gasteiger partial charge in [0.2, 0.25) is 0 Å². The number of fused-ring (bicyclic) bond motifs is 1. The summed E-state index contributed by atoms with van der Waals surface area (Å²) in [5.74, 6) is 0. The maximum atomic E-state index is 13.3. The predicted octanol–water partition coefficient (Wildman–Crippen LogP) is 1.78. The van der Waals surface area contributed by atoms with Gasteiger partial charge in [-0.25, -0.2) is 0 Å². The molecule has 0 saturated carbocycles. The molecule has 1 unspecified atom stereocenters. The molecular weight excluding hydrogens is 338 g/mol. The van der Waals surface area contributed by atoms with E-state index < -0.39 is 10.2 Å². The topological polar surface area (TPSA) is 54.8 Å². The number of rotatable bonds is 3. The van der Waals surface area contributed by atoms with E-state index in [4.69, 9.17) is 4.74 Å². The molecule has 1 saturated heterocycles. The second-order valence-electron chi connectivity index (χ2n) is 6.57. The molecule has 2 aromatic rings. The highest BCUT2D eigenvalue weighted by atomic mass is 32.2. The molecule has 0 radical (unpaired) electrons. The zero-order chi connectivity index (χ0) is 17.4. The smallest absolute Gasteiger partial charge is 0.283 e. The van der Waals surface area contributed by atoms with E-state index >= 15 is 0 Å². The van der Waals surface area contributed by atoms with Crippen LogP contribution in [0.3, 0.4) is 0 Å². The Morgan fingerprint density at radius 1 is 1.00 bits per heavy atom. The van der Waals surface area contributed by atoms with E-state index in [9.17, 15) is 8.42 Å². The average molecular weight is 361 g/mol. The summed E-state index contributed by atoms with van der Waals surface area (Å²) < 4.78 is 37.3. The van der Waals surface area contributed by atoms with Gasteiger partial charge in [-0.05, 0) is 24.6 Å². The Bertz CT molecular complexity index is 839. The number of ether oxygens (including phenoxy) is 1. The lowest BCUT2D eigenvalue weighted by Gasteiger charge is -2.40. The minimum atomic E-state index is -3.54. The van der Waals surface area contributed by atoms with Crippen LogP contribution >= 0.6 is 0 Å². The fourth-order valence-corrected chi connectivity index (χ4v) is 5.34. The average Bonchev–Trinajstić information content (AvgIpc) is 3.11. The van der Waals surface area contributed by atoms with Gasteiger partial charge in [-0.15, -0.1) is 0 Å². The van der Waals surface area contributed by atoms with E-state index in [0.717, 1.165) is 16.8 Å². The zero-order valence-corrected chi connectivity index (χ0v) is 15.2. The maximum Gasteiger partial charge on any atom is 0.283 e. The van der Waals surface area contributed by atoms with Gasteiger partial charge in [-0.2, -0.15) is 17.0 Å². The molecule has 1 aromatic heterocycles. The van der Waals surface area contributed by atoms with Crippen LogP contribution in [-0.2, 0) is 21.5 Å². The number of aromatic nitrogens is 1. The summed E-state index contributed by atoms with van der Waals surface area (Å²) in [6.07, 6.45) is 2.02. The molecule has 0 amide bonds. The first kappa shape index (κ1) is 16.8. The van der Waals surface area contributed by atoms with Gasteiger partial charge in [0.25, 0.3) is 10.2 Å². The van der Waals surface area contributed by atoms with E-state index in [1.54, 1.807) is 8.61 Å². The Morgan fingerprint density at radius 2 is 1.72 bits per heavy atom. The van der Waals surface area contributed by atoms with Crippen LogP contribution in [0.15, 0.2) is 42.6 Å². The van der Waals surface area contributed by atoms with Crippen molar-refractivity contribution in [3.63, 3.8) is 0 Å². The van der Waals surface area contributed by atoms with Crippen molar-refractivity contribution >= 4 is 10.2 Å². The first-order chi connectivity index (χ1) is 12.1. The number of aryl methyl sites for hydroxylation is 1. The third-order valence-corrected chi connectivity index (χ3v) is 6.98. The highest BCUT2D eigenvalue weighted by molar-refractivity contribution is 7.86. The van der Waals surface area contributed by atoms with Gasteiger partial charge in [-0.1, -0.05) is 29.8 Å². The van der Waals surface area contributed by atoms with Crippen molar-refractivity contribution in [2.24, 2.45) is 0 Å². The van der Waals surface area contributed by atoms with Crippen LogP contribution in [-0.4, -0.2) is 54.4 Å². The molecule has 1 aromatic carbocycles. The second kappa shape index (κ2) is 6.57. The SMILES string of the molecule is Cc1ccc(C2c3cccn3CCN2S(=O)(=O)N2CCOCC2)cc1. The first-order valence-corrected chi connectivity index (χ1v) is 10.0. The van der Waals surface area contributed by atoms with Crippen molar-refractivity contribution in [1.82, 2.24) is 13.2 Å². The lowest BCUT2D eigenvalue weighted by atomic mass is 10.0. The van der Waals surface area contributed by atoms with Crippen molar-refractivity contribution in [2.75, 3.05) is 32.8 Å². The molecule has 3 heterocycles. The summed E-state index contributed by atoms with van der Waals surface area (Å²) in [4.78, 5) is 0. The quantitative estimate of drug-likeness (QED) is 0.837. The minimum absolute atomic E-state index is 0.294. The monoisotopic (exact) mass is 361 g/mol. The highest BCUT2D eigenvalue weighted by Gasteiger charge is 2.40. The molecule has 0 aliphatic carbocycles. The molecule has 0 bridgehead atoms. The molecular formula is C18H23N3O3S. The summed E-state index contributed by atoms with van der Waals surface area (Å²) in [6, 6.07) is 11.9. The van der Waals surface area contributed by atoms with Crippen LogP contribution in [0.25, 0.3) is 0 Å². The second-order valence-corrected chi connectivity index (χ2v) is 8.45. The van der Waals surface area contributed by atoms with Gasteiger partial charge in [0.05, 0.1) is 19.3 Å². The molecule has 1 fully saturated rings. The molecule has 1 atom stereocenters. The van der Waals surface area contributed by atoms with Gasteiger partial charge in [0.15, 0.2) is 0 Å². The van der Waals surface area contributed by atoms with Gasteiger partial charge < -0.3 is 9.30 Å². The minimum Gasteiger partial charge on any atom is -0.379 e. The van der Waals surface area contributed by atoms with Crippen molar-refractivity contribution in [3.8, 4) is 0 Å². The molecule has 25 heavy (non-hydrogen) atoms. The fraction of sp³-hybridized carbons (Fsp3) is 0.444. The lowest BCUT2D eigenvalue weighted by Crippen LogP contribution is -2.52. The fourth-order valence-electron chi connectivity index (χ4n) is 3.62. The van der Waals surface area contributed by atoms with Crippen LogP contribution in [0.1, 0.15) is 22.9 Å². The summed E-state index contributed by atoms with van der Waals surface area (Å²) in [5, 5.41) is 0. The molecule has 7 heteroatoms. The van der Waals surface area contributed by atoms with E-state index in [1.165, 1.54) is 0 Å². The number of benzene rings is 1. The Morgan fingerprint density at radius 3 is 2.44 bits per heavy atom. The number of nitrogens with zero attached hydrogens (tertiary/aromatic N) is 3. The van der Waals surface area contributed by atoms with Crippen LogP contribution < -0.4 is 0 Å². The number of hydrogen-bond acceptors (Lipinski definition) is 3. The summed E-state index contributed by atoms with van der Waals surface area (Å²) >= 11 is 0. The Kier molecular flexibility index (Phi) is 4.41. The summed E-state index contributed by atoms with van der Waals surface area (Å²) in [6.45, 7) is 4.93. The van der Waals surface area contributed by atoms with Gasteiger partial charge in [-0.3, -0.25) is 0 Å².